The number of hydrogen-bond acceptors (Lipinski definition) is 3. The van der Waals surface area contributed by atoms with Crippen LogP contribution in [-0.4, -0.2) is 14.5 Å². The van der Waals surface area contributed by atoms with Crippen LogP contribution in [0.5, 0.6) is 0 Å². The van der Waals surface area contributed by atoms with E-state index < -0.39 is 0 Å². The van der Waals surface area contributed by atoms with Gasteiger partial charge in [0.1, 0.15) is 11.3 Å². The average Bonchev–Trinajstić information content (AvgIpc) is 2.80. The van der Waals surface area contributed by atoms with Crippen LogP contribution in [0.15, 0.2) is 36.5 Å². The number of aromatic nitrogens is 3. The van der Waals surface area contributed by atoms with Gasteiger partial charge in [0.15, 0.2) is 5.65 Å². The number of fused-ring (bicyclic) bond motifs is 1. The van der Waals surface area contributed by atoms with Gasteiger partial charge in [-0.05, 0) is 49.2 Å². The summed E-state index contributed by atoms with van der Waals surface area (Å²) >= 11 is 0. The normalized spacial score (nSPS) is 11.1. The number of nitrogens with zero attached hydrogens (tertiary/aromatic N) is 3. The molecule has 4 nitrogen and oxygen atoms in total. The first-order valence-electron chi connectivity index (χ1n) is 6.31. The topological polar surface area (TPSA) is 56.7 Å². The Balaban J connectivity index is 2.31. The molecular weight excluding hydrogens is 236 g/mol. The van der Waals surface area contributed by atoms with Crippen molar-refractivity contribution in [3.8, 4) is 5.69 Å². The van der Waals surface area contributed by atoms with Crippen LogP contribution in [0.2, 0.25) is 0 Å². The van der Waals surface area contributed by atoms with E-state index in [0.717, 1.165) is 22.7 Å². The number of rotatable bonds is 2. The Morgan fingerprint density at radius 3 is 2.74 bits per heavy atom. The summed E-state index contributed by atoms with van der Waals surface area (Å²) in [6, 6.07) is 10.2. The molecule has 2 heterocycles. The van der Waals surface area contributed by atoms with E-state index in [0.29, 0.717) is 6.54 Å². The third-order valence-electron chi connectivity index (χ3n) is 3.42. The van der Waals surface area contributed by atoms with E-state index in [4.69, 9.17) is 5.73 Å². The molecule has 96 valence electrons. The number of pyridine rings is 1. The molecule has 2 N–H and O–H groups in total. The van der Waals surface area contributed by atoms with Crippen molar-refractivity contribution < 1.29 is 0 Å². The van der Waals surface area contributed by atoms with Gasteiger partial charge in [0.2, 0.25) is 0 Å². The van der Waals surface area contributed by atoms with Crippen molar-refractivity contribution in [1.82, 2.24) is 14.5 Å². The van der Waals surface area contributed by atoms with Gasteiger partial charge < -0.3 is 5.73 Å². The van der Waals surface area contributed by atoms with E-state index in [9.17, 15) is 0 Å². The minimum atomic E-state index is 0.392. The molecule has 0 unspecified atom stereocenters. The zero-order chi connectivity index (χ0) is 13.4. The van der Waals surface area contributed by atoms with Gasteiger partial charge in [-0.25, -0.2) is 9.97 Å². The minimum Gasteiger partial charge on any atom is -0.324 e. The molecule has 0 saturated heterocycles. The summed E-state index contributed by atoms with van der Waals surface area (Å²) in [5.74, 6) is 0.831. The van der Waals surface area contributed by atoms with Gasteiger partial charge in [0, 0.05) is 11.9 Å². The lowest BCUT2D eigenvalue weighted by Crippen LogP contribution is -2.07. The first-order valence-corrected chi connectivity index (χ1v) is 6.31. The van der Waals surface area contributed by atoms with Crippen molar-refractivity contribution in [1.29, 1.82) is 0 Å². The van der Waals surface area contributed by atoms with Gasteiger partial charge in [-0.15, -0.1) is 0 Å². The summed E-state index contributed by atoms with van der Waals surface area (Å²) in [7, 11) is 0. The van der Waals surface area contributed by atoms with E-state index in [1.807, 2.05) is 16.7 Å². The smallest absolute Gasteiger partial charge is 0.164 e. The highest BCUT2D eigenvalue weighted by Gasteiger charge is 2.12. The van der Waals surface area contributed by atoms with Gasteiger partial charge in [0.05, 0.1) is 6.54 Å². The van der Waals surface area contributed by atoms with Crippen molar-refractivity contribution >= 4 is 11.2 Å². The maximum Gasteiger partial charge on any atom is 0.164 e. The Labute approximate surface area is 111 Å². The Bertz CT molecular complexity index is 743. The molecule has 0 spiro atoms. The Morgan fingerprint density at radius 1 is 1.16 bits per heavy atom. The summed E-state index contributed by atoms with van der Waals surface area (Å²) in [5.41, 5.74) is 11.1. The molecule has 0 radical (unpaired) electrons. The SMILES string of the molecule is Cc1ccc(-n2c(CN)nc3cccnc32)cc1C. The van der Waals surface area contributed by atoms with Crippen molar-refractivity contribution in [2.45, 2.75) is 20.4 Å². The first-order chi connectivity index (χ1) is 9.20. The maximum absolute atomic E-state index is 5.81. The second kappa shape index (κ2) is 4.48. The summed E-state index contributed by atoms with van der Waals surface area (Å²) in [5, 5.41) is 0. The van der Waals surface area contributed by atoms with Crippen LogP contribution in [0.4, 0.5) is 0 Å². The molecule has 0 aliphatic carbocycles. The summed E-state index contributed by atoms with van der Waals surface area (Å²) < 4.78 is 2.03. The second-order valence-electron chi connectivity index (χ2n) is 4.68. The molecule has 0 aliphatic rings. The predicted octanol–water partition coefficient (Wildman–Crippen LogP) is 2.50. The molecule has 0 amide bonds. The van der Waals surface area contributed by atoms with E-state index in [1.54, 1.807) is 6.20 Å². The average molecular weight is 252 g/mol. The van der Waals surface area contributed by atoms with Crippen molar-refractivity contribution in [3.63, 3.8) is 0 Å². The molecule has 3 aromatic rings. The highest BCUT2D eigenvalue weighted by atomic mass is 15.1. The van der Waals surface area contributed by atoms with Gasteiger partial charge >= 0.3 is 0 Å². The number of nitrogens with two attached hydrogens (primary N) is 1. The monoisotopic (exact) mass is 252 g/mol. The molecule has 1 aromatic carbocycles. The molecule has 19 heavy (non-hydrogen) atoms. The quantitative estimate of drug-likeness (QED) is 0.762. The molecular formula is C15H16N4. The maximum atomic E-state index is 5.81. The van der Waals surface area contributed by atoms with Crippen LogP contribution in [0, 0.1) is 13.8 Å². The third kappa shape index (κ3) is 1.90. The molecule has 0 fully saturated rings. The van der Waals surface area contributed by atoms with E-state index in [2.05, 4.69) is 42.0 Å². The van der Waals surface area contributed by atoms with Gasteiger partial charge in [-0.3, -0.25) is 4.57 Å². The molecule has 2 aromatic heterocycles. The lowest BCUT2D eigenvalue weighted by molar-refractivity contribution is 0.876. The number of benzene rings is 1. The number of aryl methyl sites for hydroxylation is 2. The fourth-order valence-electron chi connectivity index (χ4n) is 2.23. The largest absolute Gasteiger partial charge is 0.324 e. The summed E-state index contributed by atoms with van der Waals surface area (Å²) in [6.07, 6.45) is 1.78. The second-order valence-corrected chi connectivity index (χ2v) is 4.68. The zero-order valence-corrected chi connectivity index (χ0v) is 11.1. The van der Waals surface area contributed by atoms with Crippen molar-refractivity contribution in [2.24, 2.45) is 5.73 Å². The lowest BCUT2D eigenvalue weighted by atomic mass is 10.1. The van der Waals surface area contributed by atoms with E-state index in [1.165, 1.54) is 11.1 Å². The van der Waals surface area contributed by atoms with Crippen LogP contribution in [0.25, 0.3) is 16.9 Å². The van der Waals surface area contributed by atoms with Crippen LogP contribution < -0.4 is 5.73 Å². The van der Waals surface area contributed by atoms with Crippen LogP contribution in [0.1, 0.15) is 17.0 Å². The lowest BCUT2D eigenvalue weighted by Gasteiger charge is -2.09. The van der Waals surface area contributed by atoms with Crippen molar-refractivity contribution in [3.05, 3.63) is 53.5 Å². The molecule has 0 bridgehead atoms. The highest BCUT2D eigenvalue weighted by molar-refractivity contribution is 5.73. The molecule has 0 saturated carbocycles. The number of hydrogen-bond donors (Lipinski definition) is 1. The molecule has 0 aliphatic heterocycles. The first kappa shape index (κ1) is 11.9. The fourth-order valence-corrected chi connectivity index (χ4v) is 2.23. The molecule has 4 heteroatoms. The fraction of sp³-hybridized carbons (Fsp3) is 0.200. The Kier molecular flexibility index (Phi) is 2.80. The highest BCUT2D eigenvalue weighted by Crippen LogP contribution is 2.21. The standard InChI is InChI=1S/C15H16N4/c1-10-5-6-12(8-11(10)2)19-14(9-16)18-13-4-3-7-17-15(13)19/h3-8H,9,16H2,1-2H3. The van der Waals surface area contributed by atoms with Gasteiger partial charge in [-0.1, -0.05) is 6.07 Å². The van der Waals surface area contributed by atoms with Crippen LogP contribution >= 0.6 is 0 Å². The van der Waals surface area contributed by atoms with Gasteiger partial charge in [0.25, 0.3) is 0 Å². The van der Waals surface area contributed by atoms with Crippen molar-refractivity contribution in [2.75, 3.05) is 0 Å². The summed E-state index contributed by atoms with van der Waals surface area (Å²) in [6.45, 7) is 4.60. The van der Waals surface area contributed by atoms with E-state index >= 15 is 0 Å². The minimum absolute atomic E-state index is 0.392. The molecule has 3 rings (SSSR count). The summed E-state index contributed by atoms with van der Waals surface area (Å²) in [4.78, 5) is 8.96. The van der Waals surface area contributed by atoms with Crippen LogP contribution in [-0.2, 0) is 6.54 Å². The Morgan fingerprint density at radius 2 is 2.00 bits per heavy atom. The van der Waals surface area contributed by atoms with E-state index in [-0.39, 0.29) is 0 Å². The van der Waals surface area contributed by atoms with Gasteiger partial charge in [-0.2, -0.15) is 0 Å². The third-order valence-corrected chi connectivity index (χ3v) is 3.42. The van der Waals surface area contributed by atoms with Crippen LogP contribution in [0.3, 0.4) is 0 Å². The molecule has 0 atom stereocenters. The Hall–Kier alpha value is -2.20. The zero-order valence-electron chi connectivity index (χ0n) is 11.1. The predicted molar refractivity (Wildman–Crippen MR) is 76.2 cm³/mol. The number of imidazole rings is 1.